The minimum Gasteiger partial charge on any atom is -0.319 e. The average Bonchev–Trinajstić information content (AvgIpc) is 2.80. The van der Waals surface area contributed by atoms with Gasteiger partial charge in [0.25, 0.3) is 5.91 Å². The van der Waals surface area contributed by atoms with Crippen LogP contribution in [0.1, 0.15) is 30.0 Å². The lowest BCUT2D eigenvalue weighted by molar-refractivity contribution is -0.135. The molecule has 0 atom stereocenters. The van der Waals surface area contributed by atoms with Gasteiger partial charge in [-0.3, -0.25) is 24.4 Å². The molecule has 19 heavy (non-hydrogen) atoms. The Balaban J connectivity index is 2.25. The molecule has 2 heterocycles. The molecular formula is C12H16N4O3. The summed E-state index contributed by atoms with van der Waals surface area (Å²) in [4.78, 5) is 36.1. The molecule has 0 bridgehead atoms. The molecule has 0 unspecified atom stereocenters. The van der Waals surface area contributed by atoms with Crippen LogP contribution in [-0.4, -0.2) is 45.5 Å². The smallest absolute Gasteiger partial charge is 0.273 e. The Labute approximate surface area is 110 Å². The maximum Gasteiger partial charge on any atom is 0.273 e. The number of amides is 3. The first-order chi connectivity index (χ1) is 9.05. The molecule has 0 aliphatic carbocycles. The zero-order valence-corrected chi connectivity index (χ0v) is 11.0. The Hall–Kier alpha value is -2.18. The van der Waals surface area contributed by atoms with Gasteiger partial charge in [-0.1, -0.05) is 6.92 Å². The van der Waals surface area contributed by atoms with Crippen LogP contribution in [0.15, 0.2) is 6.07 Å². The van der Waals surface area contributed by atoms with Crippen LogP contribution in [0.2, 0.25) is 0 Å². The molecule has 1 N–H and O–H groups in total. The molecular weight excluding hydrogens is 248 g/mol. The third-order valence-corrected chi connectivity index (χ3v) is 2.95. The van der Waals surface area contributed by atoms with Gasteiger partial charge < -0.3 is 4.90 Å². The topological polar surface area (TPSA) is 84.3 Å². The van der Waals surface area contributed by atoms with Gasteiger partial charge in [-0.15, -0.1) is 0 Å². The maximum absolute atomic E-state index is 12.3. The fraction of sp³-hybridized carbons (Fsp3) is 0.500. The van der Waals surface area contributed by atoms with E-state index >= 15 is 0 Å². The van der Waals surface area contributed by atoms with Crippen LogP contribution >= 0.6 is 0 Å². The molecule has 7 heteroatoms. The summed E-state index contributed by atoms with van der Waals surface area (Å²) in [5, 5.41) is 6.45. The first-order valence-electron chi connectivity index (χ1n) is 6.23. The number of carbonyl (C=O) groups is 3. The number of nitrogens with one attached hydrogen (secondary N) is 1. The van der Waals surface area contributed by atoms with E-state index in [4.69, 9.17) is 0 Å². The second-order valence-electron chi connectivity index (χ2n) is 4.32. The van der Waals surface area contributed by atoms with E-state index in [0.29, 0.717) is 12.2 Å². The fourth-order valence-electron chi connectivity index (χ4n) is 2.00. The molecule has 1 aliphatic heterocycles. The Morgan fingerprint density at radius 2 is 1.95 bits per heavy atom. The molecule has 1 aliphatic rings. The Kier molecular flexibility index (Phi) is 3.64. The van der Waals surface area contributed by atoms with Crippen molar-refractivity contribution in [1.29, 1.82) is 0 Å². The summed E-state index contributed by atoms with van der Waals surface area (Å²) in [6, 6.07) is 1.71. The van der Waals surface area contributed by atoms with Gasteiger partial charge in [0.2, 0.25) is 11.8 Å². The number of aryl methyl sites for hydroxylation is 2. The lowest BCUT2D eigenvalue weighted by atomic mass is 10.2. The van der Waals surface area contributed by atoms with Crippen molar-refractivity contribution in [1.82, 2.24) is 20.0 Å². The molecule has 1 fully saturated rings. The van der Waals surface area contributed by atoms with Gasteiger partial charge in [0.15, 0.2) is 0 Å². The highest BCUT2D eigenvalue weighted by molar-refractivity contribution is 6.05. The molecule has 1 aromatic rings. The molecule has 0 saturated carbocycles. The van der Waals surface area contributed by atoms with E-state index in [1.165, 1.54) is 4.90 Å². The lowest BCUT2D eigenvalue weighted by Crippen LogP contribution is -2.53. The highest BCUT2D eigenvalue weighted by atomic mass is 16.2. The van der Waals surface area contributed by atoms with E-state index in [2.05, 4.69) is 10.4 Å². The normalized spacial score (nSPS) is 15.6. The summed E-state index contributed by atoms with van der Waals surface area (Å²) in [6.07, 6.45) is 0.729. The van der Waals surface area contributed by atoms with Gasteiger partial charge in [-0.25, -0.2) is 0 Å². The van der Waals surface area contributed by atoms with Crippen molar-refractivity contribution in [2.75, 3.05) is 13.1 Å². The SMILES string of the molecule is CCc1cc(C(=O)N2CC(=O)NC(=O)C2)n(CC)n1. The van der Waals surface area contributed by atoms with Crippen LogP contribution in [-0.2, 0) is 22.6 Å². The molecule has 0 aromatic carbocycles. The van der Waals surface area contributed by atoms with Gasteiger partial charge >= 0.3 is 0 Å². The summed E-state index contributed by atoms with van der Waals surface area (Å²) >= 11 is 0. The first kappa shape index (κ1) is 13.3. The number of hydrogen-bond donors (Lipinski definition) is 1. The number of aromatic nitrogens is 2. The number of rotatable bonds is 3. The second kappa shape index (κ2) is 5.21. The summed E-state index contributed by atoms with van der Waals surface area (Å²) in [6.45, 7) is 4.21. The highest BCUT2D eigenvalue weighted by Crippen LogP contribution is 2.10. The lowest BCUT2D eigenvalue weighted by Gasteiger charge is -2.25. The van der Waals surface area contributed by atoms with Crippen LogP contribution in [0.5, 0.6) is 0 Å². The van der Waals surface area contributed by atoms with Crippen molar-refractivity contribution in [3.63, 3.8) is 0 Å². The molecule has 102 valence electrons. The minimum absolute atomic E-state index is 0.0963. The van der Waals surface area contributed by atoms with Crippen molar-refractivity contribution in [2.45, 2.75) is 26.8 Å². The van der Waals surface area contributed by atoms with E-state index < -0.39 is 11.8 Å². The van der Waals surface area contributed by atoms with Gasteiger partial charge in [-0.2, -0.15) is 5.10 Å². The average molecular weight is 264 g/mol. The summed E-state index contributed by atoms with van der Waals surface area (Å²) in [5.74, 6) is -1.25. The molecule has 2 rings (SSSR count). The Bertz CT molecular complexity index is 519. The summed E-state index contributed by atoms with van der Waals surface area (Å²) < 4.78 is 1.60. The van der Waals surface area contributed by atoms with Crippen molar-refractivity contribution >= 4 is 17.7 Å². The highest BCUT2D eigenvalue weighted by Gasteiger charge is 2.29. The van der Waals surface area contributed by atoms with Crippen LogP contribution in [0.3, 0.4) is 0 Å². The van der Waals surface area contributed by atoms with Gasteiger partial charge in [0.05, 0.1) is 5.69 Å². The molecule has 7 nitrogen and oxygen atoms in total. The largest absolute Gasteiger partial charge is 0.319 e. The number of nitrogens with zero attached hydrogens (tertiary/aromatic N) is 3. The van der Waals surface area contributed by atoms with Gasteiger partial charge in [0.1, 0.15) is 18.8 Å². The first-order valence-corrected chi connectivity index (χ1v) is 6.23. The summed E-state index contributed by atoms with van der Waals surface area (Å²) in [5.41, 5.74) is 1.24. The van der Waals surface area contributed by atoms with E-state index in [1.54, 1.807) is 10.7 Å². The van der Waals surface area contributed by atoms with E-state index in [-0.39, 0.29) is 19.0 Å². The molecule has 1 saturated heterocycles. The van der Waals surface area contributed by atoms with Crippen LogP contribution in [0, 0.1) is 0 Å². The third-order valence-electron chi connectivity index (χ3n) is 2.95. The standard InChI is InChI=1S/C12H16N4O3/c1-3-8-5-9(16(4-2)14-8)12(19)15-6-10(17)13-11(18)7-15/h5H,3-4,6-7H2,1-2H3,(H,13,17,18). The molecule has 0 radical (unpaired) electrons. The Morgan fingerprint density at radius 1 is 1.32 bits per heavy atom. The zero-order valence-electron chi connectivity index (χ0n) is 11.0. The molecule has 1 aromatic heterocycles. The Morgan fingerprint density at radius 3 is 2.47 bits per heavy atom. The maximum atomic E-state index is 12.3. The predicted molar refractivity (Wildman–Crippen MR) is 66.3 cm³/mol. The van der Waals surface area contributed by atoms with Crippen LogP contribution in [0.4, 0.5) is 0 Å². The van der Waals surface area contributed by atoms with Crippen molar-refractivity contribution in [3.05, 3.63) is 17.5 Å². The number of imide groups is 1. The monoisotopic (exact) mass is 264 g/mol. The predicted octanol–water partition coefficient (Wildman–Crippen LogP) is -0.436. The van der Waals surface area contributed by atoms with Crippen molar-refractivity contribution in [3.8, 4) is 0 Å². The van der Waals surface area contributed by atoms with Crippen molar-refractivity contribution < 1.29 is 14.4 Å². The quantitative estimate of drug-likeness (QED) is 0.750. The fourth-order valence-corrected chi connectivity index (χ4v) is 2.00. The van der Waals surface area contributed by atoms with Crippen LogP contribution in [0.25, 0.3) is 0 Å². The minimum atomic E-state index is -0.456. The second-order valence-corrected chi connectivity index (χ2v) is 4.32. The van der Waals surface area contributed by atoms with E-state index in [0.717, 1.165) is 12.1 Å². The van der Waals surface area contributed by atoms with Crippen LogP contribution < -0.4 is 5.32 Å². The number of hydrogen-bond acceptors (Lipinski definition) is 4. The van der Waals surface area contributed by atoms with Crippen molar-refractivity contribution in [2.24, 2.45) is 0 Å². The zero-order chi connectivity index (χ0) is 14.0. The van der Waals surface area contributed by atoms with E-state index in [9.17, 15) is 14.4 Å². The number of carbonyl (C=O) groups excluding carboxylic acids is 3. The summed E-state index contributed by atoms with van der Waals surface area (Å²) in [7, 11) is 0. The molecule has 3 amide bonds. The van der Waals surface area contributed by atoms with E-state index in [1.807, 2.05) is 13.8 Å². The molecule has 0 spiro atoms. The van der Waals surface area contributed by atoms with Gasteiger partial charge in [0, 0.05) is 6.54 Å². The van der Waals surface area contributed by atoms with Gasteiger partial charge in [-0.05, 0) is 19.4 Å². The number of piperazine rings is 1. The third kappa shape index (κ3) is 2.64.